The predicted octanol–water partition coefficient (Wildman–Crippen LogP) is 1.89. The van der Waals surface area contributed by atoms with Crippen LogP contribution in [0, 0.1) is 17.5 Å². The van der Waals surface area contributed by atoms with Crippen LogP contribution < -0.4 is 10.5 Å². The molecule has 1 heterocycles. The lowest BCUT2D eigenvalue weighted by Crippen LogP contribution is -2.23. The molecule has 0 unspecified atom stereocenters. The van der Waals surface area contributed by atoms with E-state index in [1.165, 1.54) is 0 Å². The lowest BCUT2D eigenvalue weighted by molar-refractivity contribution is 0.245. The van der Waals surface area contributed by atoms with Crippen molar-refractivity contribution in [3.63, 3.8) is 0 Å². The van der Waals surface area contributed by atoms with Gasteiger partial charge in [0.05, 0.1) is 6.61 Å². The van der Waals surface area contributed by atoms with E-state index < -0.39 is 23.5 Å². The Morgan fingerprint density at radius 3 is 2.71 bits per heavy atom. The molecule has 0 saturated heterocycles. The molecule has 1 atom stereocenters. The first-order chi connectivity index (χ1) is 6.61. The van der Waals surface area contributed by atoms with Crippen LogP contribution in [0.25, 0.3) is 0 Å². The number of hydrogen-bond acceptors (Lipinski definition) is 2. The first kappa shape index (κ1) is 9.33. The van der Waals surface area contributed by atoms with E-state index in [-0.39, 0.29) is 17.9 Å². The second-order valence-electron chi connectivity index (χ2n) is 3.14. The van der Waals surface area contributed by atoms with Crippen LogP contribution in [0.5, 0.6) is 5.75 Å². The zero-order valence-corrected chi connectivity index (χ0v) is 7.19. The highest BCUT2D eigenvalue weighted by Gasteiger charge is 2.27. The molecule has 0 spiro atoms. The highest BCUT2D eigenvalue weighted by molar-refractivity contribution is 5.40. The Hall–Kier alpha value is -1.23. The summed E-state index contributed by atoms with van der Waals surface area (Å²) in [7, 11) is 0. The smallest absolute Gasteiger partial charge is 0.201 e. The third-order valence-electron chi connectivity index (χ3n) is 2.21. The molecule has 2 rings (SSSR count). The van der Waals surface area contributed by atoms with E-state index in [9.17, 15) is 13.2 Å². The van der Waals surface area contributed by atoms with Crippen LogP contribution in [0.3, 0.4) is 0 Å². The molecular formula is C9H8F3NO. The predicted molar refractivity (Wildman–Crippen MR) is 43.4 cm³/mol. The van der Waals surface area contributed by atoms with E-state index in [1.54, 1.807) is 0 Å². The summed E-state index contributed by atoms with van der Waals surface area (Å²) in [6.07, 6.45) is 0.398. The molecule has 1 aliphatic rings. The van der Waals surface area contributed by atoms with Gasteiger partial charge in [0, 0.05) is 24.1 Å². The maximum absolute atomic E-state index is 13.2. The van der Waals surface area contributed by atoms with Gasteiger partial charge in [-0.1, -0.05) is 0 Å². The number of hydrogen-bond donors (Lipinski definition) is 1. The summed E-state index contributed by atoms with van der Waals surface area (Å²) < 4.78 is 43.9. The van der Waals surface area contributed by atoms with E-state index in [2.05, 4.69) is 0 Å². The Bertz CT molecular complexity index is 381. The highest BCUT2D eigenvalue weighted by Crippen LogP contribution is 2.36. The number of nitrogens with two attached hydrogens (primary N) is 1. The molecule has 2 N–H and O–H groups in total. The molecule has 0 fully saturated rings. The summed E-state index contributed by atoms with van der Waals surface area (Å²) in [5.74, 6) is -3.67. The van der Waals surface area contributed by atoms with Crippen molar-refractivity contribution in [3.05, 3.63) is 29.1 Å². The fraction of sp³-hybridized carbons (Fsp3) is 0.333. The number of fused-ring (bicyclic) bond motifs is 1. The molecule has 0 bridgehead atoms. The minimum Gasteiger partial charge on any atom is -0.490 e. The molecule has 5 heteroatoms. The molecule has 1 aromatic carbocycles. The van der Waals surface area contributed by atoms with E-state index in [1.807, 2.05) is 0 Å². The molecule has 2 nitrogen and oxygen atoms in total. The van der Waals surface area contributed by atoms with Gasteiger partial charge < -0.3 is 10.5 Å². The summed E-state index contributed by atoms with van der Waals surface area (Å²) in [6.45, 7) is 0.175. The van der Waals surface area contributed by atoms with Gasteiger partial charge in [0.2, 0.25) is 5.82 Å². The van der Waals surface area contributed by atoms with Crippen molar-refractivity contribution in [2.24, 2.45) is 5.73 Å². The molecule has 0 aliphatic carbocycles. The first-order valence-electron chi connectivity index (χ1n) is 4.17. The number of ether oxygens (including phenoxy) is 1. The van der Waals surface area contributed by atoms with E-state index >= 15 is 0 Å². The second-order valence-corrected chi connectivity index (χ2v) is 3.14. The third kappa shape index (κ3) is 1.24. The van der Waals surface area contributed by atoms with Crippen LogP contribution in [0.15, 0.2) is 6.07 Å². The number of halogens is 3. The van der Waals surface area contributed by atoms with Crippen LogP contribution in [0.2, 0.25) is 0 Å². The van der Waals surface area contributed by atoms with Crippen LogP contribution in [0.1, 0.15) is 18.0 Å². The van der Waals surface area contributed by atoms with Crippen molar-refractivity contribution in [2.75, 3.05) is 6.61 Å². The fourth-order valence-electron chi connectivity index (χ4n) is 1.51. The summed E-state index contributed by atoms with van der Waals surface area (Å²) in [4.78, 5) is 0. The Kier molecular flexibility index (Phi) is 2.11. The van der Waals surface area contributed by atoms with Crippen molar-refractivity contribution in [3.8, 4) is 5.75 Å². The monoisotopic (exact) mass is 203 g/mol. The summed E-state index contributed by atoms with van der Waals surface area (Å²) in [5.41, 5.74) is 5.48. The van der Waals surface area contributed by atoms with Gasteiger partial charge in [-0.15, -0.1) is 0 Å². The SMILES string of the molecule is N[C@@H]1CCOc2c(F)c(F)cc(F)c21. The van der Waals surface area contributed by atoms with E-state index in [0.29, 0.717) is 12.5 Å². The molecule has 1 aromatic rings. The molecule has 0 amide bonds. The standard InChI is InChI=1S/C9H8F3NO/c10-4-3-5(11)8(12)9-7(4)6(13)1-2-14-9/h3,6H,1-2,13H2/t6-/m1/s1. The summed E-state index contributed by atoms with van der Waals surface area (Å²) >= 11 is 0. The van der Waals surface area contributed by atoms with Crippen LogP contribution in [-0.4, -0.2) is 6.61 Å². The van der Waals surface area contributed by atoms with Gasteiger partial charge in [0.15, 0.2) is 11.6 Å². The maximum Gasteiger partial charge on any atom is 0.201 e. The molecule has 76 valence electrons. The lowest BCUT2D eigenvalue weighted by Gasteiger charge is -2.23. The van der Waals surface area contributed by atoms with Gasteiger partial charge in [-0.3, -0.25) is 0 Å². The molecule has 14 heavy (non-hydrogen) atoms. The first-order valence-corrected chi connectivity index (χ1v) is 4.17. The van der Waals surface area contributed by atoms with Gasteiger partial charge in [0.25, 0.3) is 0 Å². The average Bonchev–Trinajstić information content (AvgIpc) is 2.14. The van der Waals surface area contributed by atoms with E-state index in [4.69, 9.17) is 10.5 Å². The Morgan fingerprint density at radius 2 is 2.00 bits per heavy atom. The Morgan fingerprint density at radius 1 is 1.29 bits per heavy atom. The average molecular weight is 203 g/mol. The molecule has 0 aromatic heterocycles. The number of benzene rings is 1. The number of rotatable bonds is 0. The van der Waals surface area contributed by atoms with Gasteiger partial charge >= 0.3 is 0 Å². The Balaban J connectivity index is 2.66. The molecule has 0 saturated carbocycles. The van der Waals surface area contributed by atoms with Crippen molar-refractivity contribution in [2.45, 2.75) is 12.5 Å². The van der Waals surface area contributed by atoms with Crippen molar-refractivity contribution in [1.82, 2.24) is 0 Å². The topological polar surface area (TPSA) is 35.2 Å². The van der Waals surface area contributed by atoms with Crippen LogP contribution in [-0.2, 0) is 0 Å². The van der Waals surface area contributed by atoms with Crippen LogP contribution >= 0.6 is 0 Å². The normalized spacial score (nSPS) is 20.1. The summed E-state index contributed by atoms with van der Waals surface area (Å²) in [5, 5.41) is 0. The molecule has 1 aliphatic heterocycles. The maximum atomic E-state index is 13.2. The van der Waals surface area contributed by atoms with Crippen LogP contribution in [0.4, 0.5) is 13.2 Å². The third-order valence-corrected chi connectivity index (χ3v) is 2.21. The highest BCUT2D eigenvalue weighted by atomic mass is 19.2. The van der Waals surface area contributed by atoms with Crippen molar-refractivity contribution < 1.29 is 17.9 Å². The minimum absolute atomic E-state index is 0.0739. The van der Waals surface area contributed by atoms with Gasteiger partial charge in [-0.2, -0.15) is 4.39 Å². The zero-order valence-electron chi connectivity index (χ0n) is 7.19. The Labute approximate surface area is 78.5 Å². The van der Waals surface area contributed by atoms with Gasteiger partial charge in [0.1, 0.15) is 5.82 Å². The van der Waals surface area contributed by atoms with Gasteiger partial charge in [-0.05, 0) is 0 Å². The zero-order chi connectivity index (χ0) is 10.3. The molecular weight excluding hydrogens is 195 g/mol. The van der Waals surface area contributed by atoms with Crippen molar-refractivity contribution >= 4 is 0 Å². The van der Waals surface area contributed by atoms with E-state index in [0.717, 1.165) is 0 Å². The summed E-state index contributed by atoms with van der Waals surface area (Å²) in [6, 6.07) is -0.142. The quantitative estimate of drug-likeness (QED) is 0.653. The van der Waals surface area contributed by atoms with Crippen molar-refractivity contribution in [1.29, 1.82) is 0 Å². The van der Waals surface area contributed by atoms with Gasteiger partial charge in [-0.25, -0.2) is 8.78 Å². The lowest BCUT2D eigenvalue weighted by atomic mass is 10.0. The largest absolute Gasteiger partial charge is 0.490 e. The minimum atomic E-state index is -1.25. The fourth-order valence-corrected chi connectivity index (χ4v) is 1.51. The molecule has 0 radical (unpaired) electrons. The second kappa shape index (κ2) is 3.16.